The highest BCUT2D eigenvalue weighted by Crippen LogP contribution is 2.27. The fourth-order valence-corrected chi connectivity index (χ4v) is 4.76. The molecule has 3 fully saturated rings. The van der Waals surface area contributed by atoms with Gasteiger partial charge in [0.1, 0.15) is 18.0 Å². The first-order valence-corrected chi connectivity index (χ1v) is 10.3. The summed E-state index contributed by atoms with van der Waals surface area (Å²) in [6.45, 7) is 10.9. The van der Waals surface area contributed by atoms with Crippen LogP contribution in [0.2, 0.25) is 0 Å². The van der Waals surface area contributed by atoms with Gasteiger partial charge in [-0.2, -0.15) is 0 Å². The molecule has 0 N–H and O–H groups in total. The van der Waals surface area contributed by atoms with Gasteiger partial charge in [-0.1, -0.05) is 6.92 Å². The van der Waals surface area contributed by atoms with Crippen molar-refractivity contribution in [3.8, 4) is 0 Å². The summed E-state index contributed by atoms with van der Waals surface area (Å²) in [4.78, 5) is 16.7. The van der Waals surface area contributed by atoms with Crippen molar-refractivity contribution in [3.63, 3.8) is 0 Å². The predicted molar refractivity (Wildman–Crippen MR) is 103 cm³/mol. The van der Waals surface area contributed by atoms with Crippen molar-refractivity contribution in [1.82, 2.24) is 14.9 Å². The summed E-state index contributed by atoms with van der Waals surface area (Å²) in [7, 11) is 0. The first-order chi connectivity index (χ1) is 12.3. The van der Waals surface area contributed by atoms with Crippen LogP contribution in [0.4, 0.5) is 11.6 Å². The van der Waals surface area contributed by atoms with Gasteiger partial charge in [0.05, 0.1) is 0 Å². The fraction of sp³-hybridized carbons (Fsp3) is 0.800. The summed E-state index contributed by atoms with van der Waals surface area (Å²) in [6, 6.07) is 2.22. The molecule has 4 rings (SSSR count). The number of likely N-dealkylation sites (tertiary alicyclic amines) is 1. The van der Waals surface area contributed by atoms with Gasteiger partial charge >= 0.3 is 0 Å². The third kappa shape index (κ3) is 4.25. The van der Waals surface area contributed by atoms with Gasteiger partial charge in [0.15, 0.2) is 0 Å². The van der Waals surface area contributed by atoms with Crippen molar-refractivity contribution in [2.24, 2.45) is 11.8 Å². The molecule has 5 heteroatoms. The van der Waals surface area contributed by atoms with E-state index in [2.05, 4.69) is 37.7 Å². The highest BCUT2D eigenvalue weighted by Gasteiger charge is 2.24. The average molecular weight is 344 g/mol. The lowest BCUT2D eigenvalue weighted by molar-refractivity contribution is 0.249. The van der Waals surface area contributed by atoms with Crippen molar-refractivity contribution in [2.75, 3.05) is 55.6 Å². The van der Waals surface area contributed by atoms with Crippen LogP contribution in [-0.4, -0.2) is 60.7 Å². The van der Waals surface area contributed by atoms with E-state index in [9.17, 15) is 0 Å². The summed E-state index contributed by atoms with van der Waals surface area (Å²) in [5.41, 5.74) is 0. The smallest absolute Gasteiger partial charge is 0.134 e. The van der Waals surface area contributed by atoms with Crippen LogP contribution in [0.15, 0.2) is 12.4 Å². The molecule has 1 aromatic heterocycles. The van der Waals surface area contributed by atoms with Gasteiger partial charge in [-0.15, -0.1) is 0 Å². The molecule has 1 atom stereocenters. The van der Waals surface area contributed by atoms with Gasteiger partial charge in [0, 0.05) is 38.8 Å². The Hall–Kier alpha value is -1.36. The Morgan fingerprint density at radius 3 is 2.32 bits per heavy atom. The molecule has 0 saturated carbocycles. The molecule has 0 aliphatic carbocycles. The molecule has 0 radical (unpaired) electrons. The highest BCUT2D eigenvalue weighted by atomic mass is 15.2. The third-order valence-corrected chi connectivity index (χ3v) is 6.27. The first-order valence-electron chi connectivity index (χ1n) is 10.3. The molecule has 4 heterocycles. The van der Waals surface area contributed by atoms with E-state index >= 15 is 0 Å². The molecular weight excluding hydrogens is 310 g/mol. The van der Waals surface area contributed by atoms with Gasteiger partial charge in [0.2, 0.25) is 0 Å². The van der Waals surface area contributed by atoms with E-state index in [1.165, 1.54) is 58.2 Å². The first kappa shape index (κ1) is 17.1. The predicted octanol–water partition coefficient (Wildman–Crippen LogP) is 3.03. The minimum Gasteiger partial charge on any atom is -0.356 e. The van der Waals surface area contributed by atoms with Crippen molar-refractivity contribution in [2.45, 2.75) is 45.4 Å². The molecule has 3 saturated heterocycles. The minimum atomic E-state index is 0.772. The summed E-state index contributed by atoms with van der Waals surface area (Å²) in [5, 5.41) is 0. The zero-order valence-corrected chi connectivity index (χ0v) is 15.7. The molecule has 0 aromatic carbocycles. The maximum atomic E-state index is 4.58. The van der Waals surface area contributed by atoms with Crippen LogP contribution in [0.1, 0.15) is 45.4 Å². The normalized spacial score (nSPS) is 26.4. The number of hydrogen-bond donors (Lipinski definition) is 0. The number of piperidine rings is 2. The number of rotatable bonds is 4. The van der Waals surface area contributed by atoms with Crippen LogP contribution in [-0.2, 0) is 0 Å². The quantitative estimate of drug-likeness (QED) is 0.840. The lowest BCUT2D eigenvalue weighted by Crippen LogP contribution is -2.39. The van der Waals surface area contributed by atoms with E-state index < -0.39 is 0 Å². The minimum absolute atomic E-state index is 0.772. The summed E-state index contributed by atoms with van der Waals surface area (Å²) in [6.07, 6.45) is 9.80. The van der Waals surface area contributed by atoms with Gasteiger partial charge in [-0.05, 0) is 63.5 Å². The van der Waals surface area contributed by atoms with E-state index in [4.69, 9.17) is 0 Å². The average Bonchev–Trinajstić information content (AvgIpc) is 3.16. The summed E-state index contributed by atoms with van der Waals surface area (Å²) >= 11 is 0. The maximum Gasteiger partial charge on any atom is 0.134 e. The van der Waals surface area contributed by atoms with Crippen molar-refractivity contribution < 1.29 is 0 Å². The van der Waals surface area contributed by atoms with Crippen LogP contribution >= 0.6 is 0 Å². The molecule has 138 valence electrons. The Bertz CT molecular complexity index is 549. The van der Waals surface area contributed by atoms with E-state index in [-0.39, 0.29) is 0 Å². The van der Waals surface area contributed by atoms with Crippen LogP contribution in [0.3, 0.4) is 0 Å². The third-order valence-electron chi connectivity index (χ3n) is 6.27. The van der Waals surface area contributed by atoms with Crippen LogP contribution in [0, 0.1) is 11.8 Å². The number of aromatic nitrogens is 2. The highest BCUT2D eigenvalue weighted by molar-refractivity contribution is 5.50. The number of hydrogen-bond acceptors (Lipinski definition) is 5. The van der Waals surface area contributed by atoms with Crippen LogP contribution in [0.25, 0.3) is 0 Å². The second-order valence-electron chi connectivity index (χ2n) is 8.37. The Kier molecular flexibility index (Phi) is 5.39. The Labute approximate surface area is 152 Å². The van der Waals surface area contributed by atoms with Gasteiger partial charge in [0.25, 0.3) is 0 Å². The van der Waals surface area contributed by atoms with Gasteiger partial charge in [-0.25, -0.2) is 9.97 Å². The standard InChI is InChI=1S/C20H33N5/c1-17-5-4-10-25(14-17)20-13-19(21-16-22-20)24-11-6-18(7-12-24)15-23-8-2-3-9-23/h13,16-18H,2-12,14-15H2,1H3. The number of nitrogens with zero attached hydrogens (tertiary/aromatic N) is 5. The van der Waals surface area contributed by atoms with Crippen molar-refractivity contribution in [3.05, 3.63) is 12.4 Å². The zero-order valence-electron chi connectivity index (χ0n) is 15.7. The van der Waals surface area contributed by atoms with E-state index in [0.29, 0.717) is 0 Å². The topological polar surface area (TPSA) is 35.5 Å². The van der Waals surface area contributed by atoms with Gasteiger partial charge < -0.3 is 14.7 Å². The van der Waals surface area contributed by atoms with Crippen molar-refractivity contribution >= 4 is 11.6 Å². The Morgan fingerprint density at radius 1 is 0.880 bits per heavy atom. The van der Waals surface area contributed by atoms with Crippen LogP contribution < -0.4 is 9.80 Å². The number of anilines is 2. The second kappa shape index (κ2) is 7.90. The molecule has 25 heavy (non-hydrogen) atoms. The molecule has 0 spiro atoms. The Balaban J connectivity index is 1.34. The molecule has 0 amide bonds. The molecular formula is C20H33N5. The largest absolute Gasteiger partial charge is 0.356 e. The Morgan fingerprint density at radius 2 is 1.60 bits per heavy atom. The molecule has 1 aromatic rings. The van der Waals surface area contributed by atoms with E-state index in [1.54, 1.807) is 6.33 Å². The monoisotopic (exact) mass is 343 g/mol. The molecule has 3 aliphatic rings. The second-order valence-corrected chi connectivity index (χ2v) is 8.37. The van der Waals surface area contributed by atoms with E-state index in [1.807, 2.05) is 0 Å². The fourth-order valence-electron chi connectivity index (χ4n) is 4.76. The van der Waals surface area contributed by atoms with Crippen molar-refractivity contribution in [1.29, 1.82) is 0 Å². The SMILES string of the molecule is CC1CCCN(c2cc(N3CCC(CN4CCCC4)CC3)ncn2)C1. The van der Waals surface area contributed by atoms with Gasteiger partial charge in [-0.3, -0.25) is 0 Å². The van der Waals surface area contributed by atoms with E-state index in [0.717, 1.165) is 49.7 Å². The molecule has 3 aliphatic heterocycles. The van der Waals surface area contributed by atoms with Crippen LogP contribution in [0.5, 0.6) is 0 Å². The molecule has 1 unspecified atom stereocenters. The zero-order chi connectivity index (χ0) is 17.1. The summed E-state index contributed by atoms with van der Waals surface area (Å²) in [5.74, 6) is 3.89. The lowest BCUT2D eigenvalue weighted by Gasteiger charge is -2.35. The molecule has 0 bridgehead atoms. The molecule has 5 nitrogen and oxygen atoms in total. The summed E-state index contributed by atoms with van der Waals surface area (Å²) < 4.78 is 0. The maximum absolute atomic E-state index is 4.58. The lowest BCUT2D eigenvalue weighted by atomic mass is 9.96.